The Morgan fingerprint density at radius 2 is 1.04 bits per heavy atom. The fourth-order valence-electron chi connectivity index (χ4n) is 2.73. The summed E-state index contributed by atoms with van der Waals surface area (Å²) in [5.41, 5.74) is 2.46. The number of nitrogens with zero attached hydrogens (tertiary/aromatic N) is 4. The van der Waals surface area contributed by atoms with E-state index in [0.29, 0.717) is 48.7 Å². The number of pyridine rings is 2. The molecule has 26 heavy (non-hydrogen) atoms. The first-order valence-electron chi connectivity index (χ1n) is 9.06. The van der Waals surface area contributed by atoms with Crippen molar-refractivity contribution in [3.8, 4) is 11.4 Å². The Hall–Kier alpha value is -2.76. The zero-order chi connectivity index (χ0) is 19.1. The fraction of sp³-hybridized carbons (Fsp3) is 0.400. The second-order valence-electron chi connectivity index (χ2n) is 5.82. The first-order chi connectivity index (χ1) is 12.5. The van der Waals surface area contributed by atoms with E-state index in [0.717, 1.165) is 0 Å². The predicted molar refractivity (Wildman–Crippen MR) is 102 cm³/mol. The van der Waals surface area contributed by atoms with E-state index >= 15 is 0 Å². The van der Waals surface area contributed by atoms with E-state index in [1.54, 1.807) is 46.5 Å². The third-order valence-corrected chi connectivity index (χ3v) is 4.38. The van der Waals surface area contributed by atoms with E-state index in [9.17, 15) is 9.59 Å². The van der Waals surface area contributed by atoms with Gasteiger partial charge in [0.15, 0.2) is 0 Å². The van der Waals surface area contributed by atoms with E-state index < -0.39 is 0 Å². The average Bonchev–Trinajstić information content (AvgIpc) is 2.70. The molecule has 0 aromatic carbocycles. The van der Waals surface area contributed by atoms with Crippen LogP contribution in [-0.4, -0.2) is 57.8 Å². The van der Waals surface area contributed by atoms with Gasteiger partial charge in [-0.05, 0) is 52.0 Å². The Bertz CT molecular complexity index is 668. The maximum Gasteiger partial charge on any atom is 0.255 e. The van der Waals surface area contributed by atoms with Crippen LogP contribution in [0, 0.1) is 0 Å². The number of hydrogen-bond donors (Lipinski definition) is 0. The lowest BCUT2D eigenvalue weighted by Crippen LogP contribution is -2.30. The smallest absolute Gasteiger partial charge is 0.255 e. The van der Waals surface area contributed by atoms with E-state index in [2.05, 4.69) is 9.97 Å². The highest BCUT2D eigenvalue weighted by atomic mass is 16.2. The van der Waals surface area contributed by atoms with Gasteiger partial charge in [0.05, 0.1) is 22.5 Å². The standard InChI is InChI=1S/C20H26N4O2/c1-5-23(6-2)19(25)15-9-11-17(21-13-15)18-12-10-16(14-22-18)20(26)24(7-3)8-4/h9-14H,5-8H2,1-4H3. The van der Waals surface area contributed by atoms with Crippen LogP contribution in [0.5, 0.6) is 0 Å². The minimum Gasteiger partial charge on any atom is -0.339 e. The summed E-state index contributed by atoms with van der Waals surface area (Å²) in [6.45, 7) is 10.5. The van der Waals surface area contributed by atoms with Crippen molar-refractivity contribution in [3.05, 3.63) is 47.8 Å². The average molecular weight is 354 g/mol. The molecular formula is C20H26N4O2. The zero-order valence-corrected chi connectivity index (χ0v) is 15.9. The zero-order valence-electron chi connectivity index (χ0n) is 15.9. The van der Waals surface area contributed by atoms with Crippen LogP contribution in [0.15, 0.2) is 36.7 Å². The molecule has 0 spiro atoms. The number of aromatic nitrogens is 2. The third-order valence-electron chi connectivity index (χ3n) is 4.38. The van der Waals surface area contributed by atoms with Gasteiger partial charge in [-0.3, -0.25) is 19.6 Å². The van der Waals surface area contributed by atoms with E-state index in [1.165, 1.54) is 0 Å². The van der Waals surface area contributed by atoms with Crippen molar-refractivity contribution in [3.63, 3.8) is 0 Å². The predicted octanol–water partition coefficient (Wildman–Crippen LogP) is 3.11. The first-order valence-corrected chi connectivity index (χ1v) is 9.06. The quantitative estimate of drug-likeness (QED) is 0.766. The Kier molecular flexibility index (Phi) is 6.83. The molecule has 0 N–H and O–H groups in total. The molecule has 0 aliphatic heterocycles. The summed E-state index contributed by atoms with van der Waals surface area (Å²) in [4.78, 5) is 36.9. The van der Waals surface area contributed by atoms with E-state index in [4.69, 9.17) is 0 Å². The van der Waals surface area contributed by atoms with Gasteiger partial charge in [-0.1, -0.05) is 0 Å². The molecule has 0 fully saturated rings. The molecule has 0 unspecified atom stereocenters. The molecule has 2 heterocycles. The highest BCUT2D eigenvalue weighted by molar-refractivity contribution is 5.95. The summed E-state index contributed by atoms with van der Waals surface area (Å²) in [5, 5.41) is 0. The second-order valence-corrected chi connectivity index (χ2v) is 5.82. The van der Waals surface area contributed by atoms with Crippen LogP contribution in [-0.2, 0) is 0 Å². The van der Waals surface area contributed by atoms with Gasteiger partial charge < -0.3 is 9.80 Å². The van der Waals surface area contributed by atoms with Crippen LogP contribution in [0.2, 0.25) is 0 Å². The van der Waals surface area contributed by atoms with Crippen molar-refractivity contribution in [1.82, 2.24) is 19.8 Å². The van der Waals surface area contributed by atoms with Crippen LogP contribution in [0.3, 0.4) is 0 Å². The molecule has 6 nitrogen and oxygen atoms in total. The number of carbonyl (C=O) groups excluding carboxylic acids is 2. The van der Waals surface area contributed by atoms with Gasteiger partial charge in [-0.15, -0.1) is 0 Å². The Balaban J connectivity index is 2.17. The third kappa shape index (κ3) is 4.25. The number of rotatable bonds is 7. The first kappa shape index (κ1) is 19.6. The lowest BCUT2D eigenvalue weighted by molar-refractivity contribution is 0.0764. The molecule has 138 valence electrons. The topological polar surface area (TPSA) is 66.4 Å². The SMILES string of the molecule is CCN(CC)C(=O)c1ccc(-c2ccc(C(=O)N(CC)CC)cn2)nc1. The molecule has 0 radical (unpaired) electrons. The van der Waals surface area contributed by atoms with Crippen molar-refractivity contribution in [2.45, 2.75) is 27.7 Å². The van der Waals surface area contributed by atoms with Gasteiger partial charge in [0, 0.05) is 38.6 Å². The van der Waals surface area contributed by atoms with Crippen LogP contribution in [0.4, 0.5) is 0 Å². The highest BCUT2D eigenvalue weighted by Crippen LogP contribution is 2.16. The van der Waals surface area contributed by atoms with Crippen molar-refractivity contribution in [1.29, 1.82) is 0 Å². The largest absolute Gasteiger partial charge is 0.339 e. The number of amides is 2. The van der Waals surface area contributed by atoms with Gasteiger partial charge in [-0.2, -0.15) is 0 Å². The summed E-state index contributed by atoms with van der Waals surface area (Å²) in [6.07, 6.45) is 3.15. The fourth-order valence-corrected chi connectivity index (χ4v) is 2.73. The molecule has 0 bridgehead atoms. The molecular weight excluding hydrogens is 328 g/mol. The molecule has 0 atom stereocenters. The van der Waals surface area contributed by atoms with E-state index in [-0.39, 0.29) is 11.8 Å². The van der Waals surface area contributed by atoms with Crippen LogP contribution in [0.25, 0.3) is 11.4 Å². The number of carbonyl (C=O) groups is 2. The lowest BCUT2D eigenvalue weighted by Gasteiger charge is -2.18. The van der Waals surface area contributed by atoms with Crippen LogP contribution < -0.4 is 0 Å². The molecule has 2 rings (SSSR count). The molecule has 2 aromatic heterocycles. The molecule has 0 aliphatic carbocycles. The Morgan fingerprint density at radius 3 is 1.27 bits per heavy atom. The van der Waals surface area contributed by atoms with Gasteiger partial charge in [-0.25, -0.2) is 0 Å². The van der Waals surface area contributed by atoms with Crippen molar-refractivity contribution >= 4 is 11.8 Å². The summed E-state index contributed by atoms with van der Waals surface area (Å²) < 4.78 is 0. The lowest BCUT2D eigenvalue weighted by atomic mass is 10.1. The van der Waals surface area contributed by atoms with Gasteiger partial charge in [0.1, 0.15) is 0 Å². The van der Waals surface area contributed by atoms with E-state index in [1.807, 2.05) is 27.7 Å². The maximum absolute atomic E-state index is 12.3. The van der Waals surface area contributed by atoms with Gasteiger partial charge >= 0.3 is 0 Å². The van der Waals surface area contributed by atoms with Crippen molar-refractivity contribution in [2.75, 3.05) is 26.2 Å². The molecule has 2 amide bonds. The summed E-state index contributed by atoms with van der Waals surface area (Å²) in [5.74, 6) is -0.0515. The molecule has 6 heteroatoms. The summed E-state index contributed by atoms with van der Waals surface area (Å²) in [7, 11) is 0. The minimum atomic E-state index is -0.0258. The van der Waals surface area contributed by atoms with Crippen molar-refractivity contribution in [2.24, 2.45) is 0 Å². The van der Waals surface area contributed by atoms with Crippen LogP contribution in [0.1, 0.15) is 48.4 Å². The summed E-state index contributed by atoms with van der Waals surface area (Å²) in [6, 6.07) is 7.09. The highest BCUT2D eigenvalue weighted by Gasteiger charge is 2.15. The Morgan fingerprint density at radius 1 is 0.692 bits per heavy atom. The normalized spacial score (nSPS) is 10.5. The van der Waals surface area contributed by atoms with Gasteiger partial charge in [0.2, 0.25) is 0 Å². The van der Waals surface area contributed by atoms with Crippen LogP contribution >= 0.6 is 0 Å². The van der Waals surface area contributed by atoms with Crippen molar-refractivity contribution < 1.29 is 9.59 Å². The molecule has 0 saturated carbocycles. The Labute approximate surface area is 154 Å². The summed E-state index contributed by atoms with van der Waals surface area (Å²) >= 11 is 0. The van der Waals surface area contributed by atoms with Gasteiger partial charge in [0.25, 0.3) is 11.8 Å². The molecule has 2 aromatic rings. The molecule has 0 saturated heterocycles. The second kappa shape index (κ2) is 9.08. The number of hydrogen-bond acceptors (Lipinski definition) is 4. The maximum atomic E-state index is 12.3. The molecule has 0 aliphatic rings. The minimum absolute atomic E-state index is 0.0258. The monoisotopic (exact) mass is 354 g/mol.